The number of aryl methyl sites for hydroxylation is 2. The molecule has 0 aliphatic rings. The Morgan fingerprint density at radius 1 is 0.923 bits per heavy atom. The predicted octanol–water partition coefficient (Wildman–Crippen LogP) is 3.05. The monoisotopic (exact) mass is 360 g/mol. The van der Waals surface area contributed by atoms with Crippen molar-refractivity contribution in [3.05, 3.63) is 68.8 Å². The van der Waals surface area contributed by atoms with Crippen molar-refractivity contribution in [2.45, 2.75) is 13.8 Å². The molecule has 0 atom stereocenters. The number of nitro groups is 1. The number of rotatable bonds is 3. The molecular formula is C18H20N2O6. The van der Waals surface area contributed by atoms with E-state index in [9.17, 15) is 19.7 Å². The molecule has 8 heteroatoms. The zero-order chi connectivity index (χ0) is 19.9. The highest BCUT2D eigenvalue weighted by Crippen LogP contribution is 2.17. The molecular weight excluding hydrogens is 340 g/mol. The summed E-state index contributed by atoms with van der Waals surface area (Å²) in [6.07, 6.45) is 0. The van der Waals surface area contributed by atoms with Gasteiger partial charge in [0.05, 0.1) is 30.3 Å². The number of methoxy groups -OCH3 is 2. The molecule has 0 radical (unpaired) electrons. The van der Waals surface area contributed by atoms with E-state index in [1.54, 1.807) is 25.1 Å². The Balaban J connectivity index is 0.000000263. The number of nitrogen functional groups attached to an aromatic ring is 1. The Morgan fingerprint density at radius 2 is 1.38 bits per heavy atom. The fourth-order valence-corrected chi connectivity index (χ4v) is 2.02. The van der Waals surface area contributed by atoms with Crippen LogP contribution in [0.1, 0.15) is 31.8 Å². The van der Waals surface area contributed by atoms with Gasteiger partial charge in [-0.2, -0.15) is 0 Å². The zero-order valence-electron chi connectivity index (χ0n) is 14.9. The molecule has 26 heavy (non-hydrogen) atoms. The van der Waals surface area contributed by atoms with Gasteiger partial charge in [0, 0.05) is 17.8 Å². The lowest BCUT2D eigenvalue weighted by atomic mass is 10.1. The molecule has 0 fully saturated rings. The molecule has 0 amide bonds. The second kappa shape index (κ2) is 9.16. The second-order valence-electron chi connectivity index (χ2n) is 5.31. The van der Waals surface area contributed by atoms with Crippen molar-refractivity contribution < 1.29 is 24.0 Å². The molecule has 2 aromatic rings. The summed E-state index contributed by atoms with van der Waals surface area (Å²) >= 11 is 0. The number of nitrogens with two attached hydrogens (primary N) is 1. The number of ether oxygens (including phenoxy) is 2. The topological polar surface area (TPSA) is 122 Å². The maximum atomic E-state index is 11.2. The molecule has 2 aromatic carbocycles. The van der Waals surface area contributed by atoms with E-state index in [1.165, 1.54) is 32.4 Å². The molecule has 0 heterocycles. The van der Waals surface area contributed by atoms with E-state index in [-0.39, 0.29) is 17.2 Å². The second-order valence-corrected chi connectivity index (χ2v) is 5.31. The zero-order valence-corrected chi connectivity index (χ0v) is 14.9. The van der Waals surface area contributed by atoms with Crippen molar-refractivity contribution >= 4 is 23.3 Å². The molecule has 0 unspecified atom stereocenters. The Bertz CT molecular complexity index is 832. The van der Waals surface area contributed by atoms with Gasteiger partial charge < -0.3 is 15.2 Å². The minimum absolute atomic E-state index is 0.115. The van der Waals surface area contributed by atoms with Gasteiger partial charge in [0.2, 0.25) is 0 Å². The number of benzene rings is 2. The van der Waals surface area contributed by atoms with Gasteiger partial charge in [-0.3, -0.25) is 10.1 Å². The quantitative estimate of drug-likeness (QED) is 0.386. The van der Waals surface area contributed by atoms with Gasteiger partial charge in [0.25, 0.3) is 5.69 Å². The molecule has 8 nitrogen and oxygen atoms in total. The van der Waals surface area contributed by atoms with Crippen molar-refractivity contribution in [1.29, 1.82) is 0 Å². The van der Waals surface area contributed by atoms with Crippen molar-refractivity contribution in [3.8, 4) is 0 Å². The largest absolute Gasteiger partial charge is 0.465 e. The summed E-state index contributed by atoms with van der Waals surface area (Å²) < 4.78 is 9.07. The maximum absolute atomic E-state index is 11.2. The van der Waals surface area contributed by atoms with Crippen molar-refractivity contribution in [1.82, 2.24) is 0 Å². The number of anilines is 1. The van der Waals surface area contributed by atoms with E-state index in [0.29, 0.717) is 16.8 Å². The number of nitrogens with zero attached hydrogens (tertiary/aromatic N) is 1. The first-order chi connectivity index (χ1) is 12.2. The molecule has 0 spiro atoms. The number of carbonyl (C=O) groups is 2. The lowest BCUT2D eigenvalue weighted by molar-refractivity contribution is -0.384. The smallest absolute Gasteiger partial charge is 0.338 e. The fraction of sp³-hybridized carbons (Fsp3) is 0.222. The van der Waals surface area contributed by atoms with Crippen LogP contribution < -0.4 is 5.73 Å². The van der Waals surface area contributed by atoms with E-state index >= 15 is 0 Å². The van der Waals surface area contributed by atoms with Crippen LogP contribution in [0.15, 0.2) is 36.4 Å². The highest BCUT2D eigenvalue weighted by molar-refractivity contribution is 5.92. The first-order valence-electron chi connectivity index (χ1n) is 7.49. The molecule has 138 valence electrons. The van der Waals surface area contributed by atoms with E-state index in [4.69, 9.17) is 5.73 Å². The minimum Gasteiger partial charge on any atom is -0.465 e. The third kappa shape index (κ3) is 5.30. The van der Waals surface area contributed by atoms with Crippen LogP contribution in [0.5, 0.6) is 0 Å². The van der Waals surface area contributed by atoms with Crippen LogP contribution >= 0.6 is 0 Å². The van der Waals surface area contributed by atoms with Crippen LogP contribution in [0.2, 0.25) is 0 Å². The maximum Gasteiger partial charge on any atom is 0.338 e. The molecule has 0 aliphatic heterocycles. The highest BCUT2D eigenvalue weighted by Gasteiger charge is 2.14. The average molecular weight is 360 g/mol. The van der Waals surface area contributed by atoms with E-state index in [0.717, 1.165) is 5.56 Å². The summed E-state index contributed by atoms with van der Waals surface area (Å²) in [6.45, 7) is 3.53. The Morgan fingerprint density at radius 3 is 1.85 bits per heavy atom. The average Bonchev–Trinajstić information content (AvgIpc) is 2.63. The molecule has 0 bridgehead atoms. The van der Waals surface area contributed by atoms with Crippen molar-refractivity contribution in [3.63, 3.8) is 0 Å². The number of carbonyl (C=O) groups excluding carboxylic acids is 2. The number of non-ortho nitro benzene ring substituents is 1. The summed E-state index contributed by atoms with van der Waals surface area (Å²) in [5.41, 5.74) is 8.24. The third-order valence-corrected chi connectivity index (χ3v) is 3.50. The van der Waals surface area contributed by atoms with Gasteiger partial charge in [-0.05, 0) is 37.1 Å². The van der Waals surface area contributed by atoms with Gasteiger partial charge >= 0.3 is 11.9 Å². The molecule has 0 aromatic heterocycles. The normalized spacial score (nSPS) is 9.54. The molecule has 0 aliphatic carbocycles. The van der Waals surface area contributed by atoms with E-state index < -0.39 is 10.9 Å². The van der Waals surface area contributed by atoms with Crippen LogP contribution in [-0.2, 0) is 9.47 Å². The number of esters is 2. The Hall–Kier alpha value is -3.42. The summed E-state index contributed by atoms with van der Waals surface area (Å²) in [5, 5.41) is 10.4. The van der Waals surface area contributed by atoms with Gasteiger partial charge in [-0.25, -0.2) is 9.59 Å². The predicted molar refractivity (Wildman–Crippen MR) is 96.1 cm³/mol. The van der Waals surface area contributed by atoms with Crippen molar-refractivity contribution in [2.75, 3.05) is 20.0 Å². The summed E-state index contributed by atoms with van der Waals surface area (Å²) in [6, 6.07) is 9.23. The standard InChI is InChI=1S/C9H9NO4.C9H11NO2/c1-6-3-4-7(10(12)13)5-8(6)9(11)14-2;1-6-3-4-7(10)5-8(6)9(11)12-2/h3-5H,1-2H3;3-5H,10H2,1-2H3. The van der Waals surface area contributed by atoms with Crippen LogP contribution in [0.4, 0.5) is 11.4 Å². The Labute approximate surface area is 150 Å². The molecule has 2 N–H and O–H groups in total. The number of nitro benzene ring substituents is 1. The Kier molecular flexibility index (Phi) is 7.27. The van der Waals surface area contributed by atoms with Crippen LogP contribution in [0.3, 0.4) is 0 Å². The van der Waals surface area contributed by atoms with Gasteiger partial charge in [-0.15, -0.1) is 0 Å². The lowest BCUT2D eigenvalue weighted by Gasteiger charge is -2.03. The van der Waals surface area contributed by atoms with Crippen molar-refractivity contribution in [2.24, 2.45) is 0 Å². The van der Waals surface area contributed by atoms with Crippen LogP contribution in [0, 0.1) is 24.0 Å². The minimum atomic E-state index is -0.564. The first-order valence-corrected chi connectivity index (χ1v) is 7.49. The molecule has 0 saturated carbocycles. The van der Waals surface area contributed by atoms with Gasteiger partial charge in [0.1, 0.15) is 0 Å². The molecule has 2 rings (SSSR count). The van der Waals surface area contributed by atoms with Crippen LogP contribution in [-0.4, -0.2) is 31.1 Å². The summed E-state index contributed by atoms with van der Waals surface area (Å²) in [7, 11) is 2.59. The third-order valence-electron chi connectivity index (χ3n) is 3.50. The van der Waals surface area contributed by atoms with Gasteiger partial charge in [0.15, 0.2) is 0 Å². The SMILES string of the molecule is COC(=O)c1cc(N)ccc1C.COC(=O)c1cc([N+](=O)[O-])ccc1C. The lowest BCUT2D eigenvalue weighted by Crippen LogP contribution is -2.04. The number of hydrogen-bond acceptors (Lipinski definition) is 7. The first kappa shape index (κ1) is 20.6. The fourth-order valence-electron chi connectivity index (χ4n) is 2.02. The van der Waals surface area contributed by atoms with Gasteiger partial charge in [-0.1, -0.05) is 12.1 Å². The number of hydrogen-bond donors (Lipinski definition) is 1. The van der Waals surface area contributed by atoms with E-state index in [1.807, 2.05) is 6.92 Å². The molecule has 0 saturated heterocycles. The highest BCUT2D eigenvalue weighted by atomic mass is 16.6. The summed E-state index contributed by atoms with van der Waals surface area (Å²) in [4.78, 5) is 32.2. The summed E-state index contributed by atoms with van der Waals surface area (Å²) in [5.74, 6) is -0.911. The van der Waals surface area contributed by atoms with Crippen LogP contribution in [0.25, 0.3) is 0 Å². The van der Waals surface area contributed by atoms with E-state index in [2.05, 4.69) is 9.47 Å².